The fourth-order valence-electron chi connectivity index (χ4n) is 8.71. The van der Waals surface area contributed by atoms with Gasteiger partial charge >= 0.3 is 17.9 Å². The Labute approximate surface area is 350 Å². The Kier molecular flexibility index (Phi) is 32.7. The van der Waals surface area contributed by atoms with E-state index in [-0.39, 0.29) is 25.9 Å². The molecular formula is C49H92O8. The Morgan fingerprint density at radius 3 is 1.05 bits per heavy atom. The lowest BCUT2D eigenvalue weighted by Gasteiger charge is -2.47. The molecule has 0 aromatic rings. The minimum absolute atomic E-state index is 0.0428. The summed E-state index contributed by atoms with van der Waals surface area (Å²) >= 11 is 0. The number of carboxylic acid groups (broad SMARTS) is 3. The first-order valence-electron chi connectivity index (χ1n) is 24.1. The maximum Gasteiger partial charge on any atom is 0.338 e. The van der Waals surface area contributed by atoms with Crippen molar-refractivity contribution in [1.29, 1.82) is 0 Å². The predicted octanol–water partition coefficient (Wildman–Crippen LogP) is 14.2. The molecule has 0 saturated carbocycles. The van der Waals surface area contributed by atoms with Crippen LogP contribution in [0.1, 0.15) is 248 Å². The van der Waals surface area contributed by atoms with E-state index in [0.29, 0.717) is 50.4 Å². The van der Waals surface area contributed by atoms with Crippen molar-refractivity contribution in [1.82, 2.24) is 0 Å². The molecule has 2 unspecified atom stereocenters. The molecular weight excluding hydrogens is 717 g/mol. The normalized spacial score (nSPS) is 13.7. The monoisotopic (exact) mass is 809 g/mol. The molecule has 3 N–H and O–H groups in total. The second-order valence-electron chi connectivity index (χ2n) is 18.8. The minimum atomic E-state index is -2.72. The molecule has 0 saturated heterocycles. The van der Waals surface area contributed by atoms with Gasteiger partial charge in [0.2, 0.25) is 5.60 Å². The van der Waals surface area contributed by atoms with E-state index in [1.807, 2.05) is 0 Å². The third-order valence-electron chi connectivity index (χ3n) is 12.2. The predicted molar refractivity (Wildman–Crippen MR) is 236 cm³/mol. The van der Waals surface area contributed by atoms with Crippen molar-refractivity contribution in [3.05, 3.63) is 0 Å². The largest absolute Gasteiger partial charge is 0.481 e. The van der Waals surface area contributed by atoms with Gasteiger partial charge in [0.25, 0.3) is 0 Å². The molecule has 0 aliphatic carbocycles. The summed E-state index contributed by atoms with van der Waals surface area (Å²) in [6.07, 6.45) is 27.3. The van der Waals surface area contributed by atoms with E-state index in [1.54, 1.807) is 6.92 Å². The highest BCUT2D eigenvalue weighted by Crippen LogP contribution is 2.50. The zero-order valence-electron chi connectivity index (χ0n) is 38.3. The highest BCUT2D eigenvalue weighted by Gasteiger charge is 2.69. The number of hydrogen-bond donors (Lipinski definition) is 3. The topological polar surface area (TPSA) is 138 Å². The average molecular weight is 809 g/mol. The van der Waals surface area contributed by atoms with Gasteiger partial charge < -0.3 is 20.1 Å². The smallest absolute Gasteiger partial charge is 0.338 e. The van der Waals surface area contributed by atoms with Crippen molar-refractivity contribution >= 4 is 23.7 Å². The Balaban J connectivity index is 6.17. The van der Waals surface area contributed by atoms with Crippen molar-refractivity contribution in [2.45, 2.75) is 253 Å². The van der Waals surface area contributed by atoms with Gasteiger partial charge in [-0.05, 0) is 43.4 Å². The van der Waals surface area contributed by atoms with Crippen LogP contribution < -0.4 is 0 Å². The van der Waals surface area contributed by atoms with Crippen LogP contribution >= 0.6 is 0 Å². The summed E-state index contributed by atoms with van der Waals surface area (Å²) in [5, 5.41) is 33.0. The molecule has 336 valence electrons. The molecule has 0 spiro atoms. The van der Waals surface area contributed by atoms with E-state index in [0.717, 1.165) is 83.0 Å². The maximum absolute atomic E-state index is 13.8. The first kappa shape index (κ1) is 55.0. The molecule has 0 aliphatic rings. The van der Waals surface area contributed by atoms with E-state index in [9.17, 15) is 34.5 Å². The minimum Gasteiger partial charge on any atom is -0.481 e. The van der Waals surface area contributed by atoms with Gasteiger partial charge in [0.15, 0.2) is 11.7 Å². The van der Waals surface area contributed by atoms with Crippen LogP contribution in [-0.4, -0.2) is 51.2 Å². The Morgan fingerprint density at radius 1 is 0.456 bits per heavy atom. The van der Waals surface area contributed by atoms with Gasteiger partial charge in [0.05, 0.1) is 0 Å². The SMILES string of the molecule is CCCC(=O)C(C(=O)O)C(OCCCCCCCCCCC(C)C)(C(=O)O)C(CCCCCCCCCCC(C)C)(CCCCCCCCCCC(C)C)C(=O)O. The van der Waals surface area contributed by atoms with Gasteiger partial charge in [-0.3, -0.25) is 14.4 Å². The molecule has 8 heteroatoms. The molecule has 0 heterocycles. The van der Waals surface area contributed by atoms with E-state index in [2.05, 4.69) is 41.5 Å². The summed E-state index contributed by atoms with van der Waals surface area (Å²) in [4.78, 5) is 54.4. The Morgan fingerprint density at radius 2 is 0.772 bits per heavy atom. The highest BCUT2D eigenvalue weighted by atomic mass is 16.5. The van der Waals surface area contributed by atoms with E-state index in [1.165, 1.54) is 64.2 Å². The number of Topliss-reactive ketones (excluding diaryl/α,β-unsaturated/α-hetero) is 1. The van der Waals surface area contributed by atoms with Gasteiger partial charge in [-0.1, -0.05) is 215 Å². The summed E-state index contributed by atoms with van der Waals surface area (Å²) < 4.78 is 6.31. The molecule has 2 atom stereocenters. The van der Waals surface area contributed by atoms with Crippen LogP contribution in [0.15, 0.2) is 0 Å². The van der Waals surface area contributed by atoms with Crippen molar-refractivity contribution in [2.75, 3.05) is 6.61 Å². The fraction of sp³-hybridized carbons (Fsp3) is 0.918. The lowest BCUT2D eigenvalue weighted by atomic mass is 9.59. The zero-order chi connectivity index (χ0) is 43.0. The summed E-state index contributed by atoms with van der Waals surface area (Å²) in [6.45, 7) is 15.1. The number of ketones is 1. The second-order valence-corrected chi connectivity index (χ2v) is 18.8. The maximum atomic E-state index is 13.8. The van der Waals surface area contributed by atoms with Crippen LogP contribution in [0.2, 0.25) is 0 Å². The standard InChI is InChI=1S/C49H92O8/c1-8-33-43(50)44(45(51)52)49(47(55)56,57-39-32-26-20-14-11-17-23-29-36-42(6)7)48(46(53)54,37-30-24-18-12-9-15-21-27-34-40(2)3)38-31-25-19-13-10-16-22-28-35-41(4)5/h40-42,44H,8-39H2,1-7H3,(H,51,52)(H,53,54)(H,55,56). The first-order chi connectivity index (χ1) is 27.2. The van der Waals surface area contributed by atoms with Crippen LogP contribution in [0.5, 0.6) is 0 Å². The molecule has 0 rings (SSSR count). The number of carbonyl (C=O) groups excluding carboxylic acids is 1. The molecule has 57 heavy (non-hydrogen) atoms. The first-order valence-corrected chi connectivity index (χ1v) is 24.1. The molecule has 0 aromatic heterocycles. The van der Waals surface area contributed by atoms with Gasteiger partial charge in [0, 0.05) is 13.0 Å². The van der Waals surface area contributed by atoms with Gasteiger partial charge in [-0.2, -0.15) is 0 Å². The van der Waals surface area contributed by atoms with Crippen LogP contribution in [0, 0.1) is 29.1 Å². The number of aliphatic carboxylic acids is 3. The third-order valence-corrected chi connectivity index (χ3v) is 12.2. The molecule has 8 nitrogen and oxygen atoms in total. The summed E-state index contributed by atoms with van der Waals surface area (Å²) in [5.74, 6) is -5.38. The van der Waals surface area contributed by atoms with Crippen LogP contribution in [0.3, 0.4) is 0 Å². The lowest BCUT2D eigenvalue weighted by molar-refractivity contribution is -0.219. The quantitative estimate of drug-likeness (QED) is 0.0409. The number of rotatable bonds is 42. The molecule has 0 fully saturated rings. The molecule has 0 aliphatic heterocycles. The molecule has 0 aromatic carbocycles. The lowest BCUT2D eigenvalue weighted by Crippen LogP contribution is -2.67. The summed E-state index contributed by atoms with van der Waals surface area (Å²) in [6, 6.07) is 0. The van der Waals surface area contributed by atoms with Crippen molar-refractivity contribution in [3.63, 3.8) is 0 Å². The number of carboxylic acids is 3. The van der Waals surface area contributed by atoms with E-state index >= 15 is 0 Å². The van der Waals surface area contributed by atoms with Crippen LogP contribution in [0.25, 0.3) is 0 Å². The molecule has 0 amide bonds. The van der Waals surface area contributed by atoms with Crippen molar-refractivity contribution in [2.24, 2.45) is 29.1 Å². The van der Waals surface area contributed by atoms with Crippen LogP contribution in [0.4, 0.5) is 0 Å². The van der Waals surface area contributed by atoms with Gasteiger partial charge in [-0.25, -0.2) is 4.79 Å². The number of unbranched alkanes of at least 4 members (excludes halogenated alkanes) is 21. The van der Waals surface area contributed by atoms with Gasteiger partial charge in [-0.15, -0.1) is 0 Å². The number of ether oxygens (including phenoxy) is 1. The second kappa shape index (κ2) is 33.8. The van der Waals surface area contributed by atoms with Crippen molar-refractivity contribution < 1.29 is 39.2 Å². The Hall–Kier alpha value is -1.96. The van der Waals surface area contributed by atoms with Gasteiger partial charge in [0.1, 0.15) is 5.41 Å². The summed E-state index contributed by atoms with van der Waals surface area (Å²) in [5.41, 5.74) is -4.80. The highest BCUT2D eigenvalue weighted by molar-refractivity contribution is 6.06. The van der Waals surface area contributed by atoms with E-state index in [4.69, 9.17) is 4.74 Å². The number of hydrogen-bond acceptors (Lipinski definition) is 5. The van der Waals surface area contributed by atoms with Crippen LogP contribution in [-0.2, 0) is 23.9 Å². The zero-order valence-corrected chi connectivity index (χ0v) is 38.3. The fourth-order valence-corrected chi connectivity index (χ4v) is 8.71. The average Bonchev–Trinajstić information content (AvgIpc) is 3.13. The summed E-state index contributed by atoms with van der Waals surface area (Å²) in [7, 11) is 0. The molecule has 0 radical (unpaired) electrons. The van der Waals surface area contributed by atoms with E-state index < -0.39 is 40.6 Å². The third kappa shape index (κ3) is 23.4. The Bertz CT molecular complexity index is 1010. The molecule has 0 bridgehead atoms. The number of carbonyl (C=O) groups is 4. The van der Waals surface area contributed by atoms with Crippen molar-refractivity contribution in [3.8, 4) is 0 Å².